The van der Waals surface area contributed by atoms with Gasteiger partial charge in [-0.1, -0.05) is 42.1 Å². The van der Waals surface area contributed by atoms with Crippen LogP contribution in [0, 0.1) is 0 Å². The minimum Gasteiger partial charge on any atom is -0.497 e. The van der Waals surface area contributed by atoms with Gasteiger partial charge in [-0.2, -0.15) is 0 Å². The maximum absolute atomic E-state index is 10.2. The highest BCUT2D eigenvalue weighted by molar-refractivity contribution is 7.99. The molecule has 5 heteroatoms. The number of rotatable bonds is 5. The third kappa shape index (κ3) is 3.20. The highest BCUT2D eigenvalue weighted by atomic mass is 32.2. The average Bonchev–Trinajstić information content (AvgIpc) is 2.95. The van der Waals surface area contributed by atoms with Gasteiger partial charge in [0.25, 0.3) is 0 Å². The van der Waals surface area contributed by atoms with Gasteiger partial charge in [0.05, 0.1) is 24.2 Å². The van der Waals surface area contributed by atoms with E-state index >= 15 is 0 Å². The predicted molar refractivity (Wildman–Crippen MR) is 84.8 cm³/mol. The number of H-pyrrole nitrogens is 1. The zero-order chi connectivity index (χ0) is 14.7. The predicted octanol–water partition coefficient (Wildman–Crippen LogP) is 3.40. The van der Waals surface area contributed by atoms with Gasteiger partial charge >= 0.3 is 0 Å². The van der Waals surface area contributed by atoms with Crippen molar-refractivity contribution in [3.05, 3.63) is 54.1 Å². The molecule has 0 amide bonds. The minimum atomic E-state index is -0.501. The zero-order valence-electron chi connectivity index (χ0n) is 11.6. The van der Waals surface area contributed by atoms with Crippen molar-refractivity contribution < 1.29 is 9.84 Å². The third-order valence-corrected chi connectivity index (χ3v) is 4.18. The van der Waals surface area contributed by atoms with Gasteiger partial charge in [0.1, 0.15) is 5.75 Å². The van der Waals surface area contributed by atoms with Crippen LogP contribution in [0.5, 0.6) is 5.75 Å². The fourth-order valence-corrected chi connectivity index (χ4v) is 2.94. The van der Waals surface area contributed by atoms with Gasteiger partial charge in [0.15, 0.2) is 5.16 Å². The highest BCUT2D eigenvalue weighted by Crippen LogP contribution is 2.26. The van der Waals surface area contributed by atoms with Gasteiger partial charge in [0.2, 0.25) is 0 Å². The number of aliphatic hydroxyl groups is 1. The Morgan fingerprint density at radius 2 is 2.05 bits per heavy atom. The fraction of sp³-hybridized carbons (Fsp3) is 0.188. The molecule has 3 rings (SSSR count). The van der Waals surface area contributed by atoms with E-state index in [2.05, 4.69) is 9.97 Å². The summed E-state index contributed by atoms with van der Waals surface area (Å²) < 4.78 is 5.19. The highest BCUT2D eigenvalue weighted by Gasteiger charge is 2.10. The number of hydrogen-bond acceptors (Lipinski definition) is 4. The first-order valence-corrected chi connectivity index (χ1v) is 7.64. The molecule has 0 aliphatic rings. The van der Waals surface area contributed by atoms with E-state index in [0.29, 0.717) is 5.75 Å². The van der Waals surface area contributed by atoms with Crippen molar-refractivity contribution in [2.24, 2.45) is 0 Å². The van der Waals surface area contributed by atoms with E-state index in [-0.39, 0.29) is 0 Å². The van der Waals surface area contributed by atoms with Crippen molar-refractivity contribution in [2.45, 2.75) is 11.3 Å². The van der Waals surface area contributed by atoms with Crippen LogP contribution in [-0.4, -0.2) is 27.9 Å². The fourth-order valence-electron chi connectivity index (χ4n) is 2.09. The molecule has 0 bridgehead atoms. The quantitative estimate of drug-likeness (QED) is 0.709. The van der Waals surface area contributed by atoms with Crippen molar-refractivity contribution in [3.63, 3.8) is 0 Å². The maximum atomic E-state index is 10.2. The van der Waals surface area contributed by atoms with E-state index in [9.17, 15) is 5.11 Å². The molecule has 3 aromatic rings. The molecule has 0 spiro atoms. The average molecular weight is 300 g/mol. The molecule has 2 N–H and O–H groups in total. The second-order valence-electron chi connectivity index (χ2n) is 4.66. The molecule has 2 aromatic carbocycles. The lowest BCUT2D eigenvalue weighted by molar-refractivity contribution is 0.204. The van der Waals surface area contributed by atoms with Crippen LogP contribution in [0.15, 0.2) is 53.7 Å². The van der Waals surface area contributed by atoms with E-state index < -0.39 is 6.10 Å². The van der Waals surface area contributed by atoms with E-state index in [4.69, 9.17) is 4.74 Å². The summed E-state index contributed by atoms with van der Waals surface area (Å²) in [7, 11) is 1.64. The van der Waals surface area contributed by atoms with Crippen LogP contribution >= 0.6 is 11.8 Å². The topological polar surface area (TPSA) is 58.1 Å². The molecular formula is C16H16N2O2S. The Morgan fingerprint density at radius 3 is 2.81 bits per heavy atom. The Labute approximate surface area is 127 Å². The van der Waals surface area contributed by atoms with Crippen LogP contribution in [0.2, 0.25) is 0 Å². The smallest absolute Gasteiger partial charge is 0.166 e. The third-order valence-electron chi connectivity index (χ3n) is 3.23. The summed E-state index contributed by atoms with van der Waals surface area (Å²) in [6, 6.07) is 15.4. The molecule has 0 aliphatic heterocycles. The van der Waals surface area contributed by atoms with E-state index in [1.165, 1.54) is 11.8 Å². The summed E-state index contributed by atoms with van der Waals surface area (Å²) in [5, 5.41) is 11.0. The van der Waals surface area contributed by atoms with Crippen molar-refractivity contribution in [2.75, 3.05) is 12.9 Å². The number of imidazole rings is 1. The number of hydrogen-bond donors (Lipinski definition) is 2. The lowest BCUT2D eigenvalue weighted by Crippen LogP contribution is -2.00. The van der Waals surface area contributed by atoms with Crippen LogP contribution in [-0.2, 0) is 0 Å². The molecule has 108 valence electrons. The standard InChI is InChI=1S/C16H16N2O2S/c1-20-12-7-8-13-14(9-12)18-16(17-13)21-10-15(19)11-5-3-2-4-6-11/h2-9,15,19H,10H2,1H3,(H,17,18)/t15-/m0/s1. The number of aliphatic hydroxyl groups excluding tert-OH is 1. The number of ether oxygens (including phenoxy) is 1. The summed E-state index contributed by atoms with van der Waals surface area (Å²) in [5.74, 6) is 1.35. The molecule has 0 fully saturated rings. The molecule has 1 aromatic heterocycles. The number of methoxy groups -OCH3 is 1. The molecule has 0 saturated heterocycles. The summed E-state index contributed by atoms with van der Waals surface area (Å²) in [4.78, 5) is 7.73. The SMILES string of the molecule is COc1ccc2nc(SC[C@H](O)c3ccccc3)[nH]c2c1. The van der Waals surface area contributed by atoms with E-state index in [0.717, 1.165) is 27.5 Å². The van der Waals surface area contributed by atoms with Crippen molar-refractivity contribution in [3.8, 4) is 5.75 Å². The monoisotopic (exact) mass is 300 g/mol. The molecular weight excluding hydrogens is 284 g/mol. The number of benzene rings is 2. The number of aromatic nitrogens is 2. The van der Waals surface area contributed by atoms with Gasteiger partial charge in [0, 0.05) is 11.8 Å². The maximum Gasteiger partial charge on any atom is 0.166 e. The summed E-state index contributed by atoms with van der Waals surface area (Å²) >= 11 is 1.51. The van der Waals surface area contributed by atoms with Crippen molar-refractivity contribution in [1.82, 2.24) is 9.97 Å². The Bertz CT molecular complexity index is 727. The Hall–Kier alpha value is -1.98. The van der Waals surface area contributed by atoms with Crippen LogP contribution in [0.1, 0.15) is 11.7 Å². The molecule has 0 unspecified atom stereocenters. The normalized spacial score (nSPS) is 12.5. The first-order chi connectivity index (χ1) is 10.3. The number of nitrogens with zero attached hydrogens (tertiary/aromatic N) is 1. The first-order valence-electron chi connectivity index (χ1n) is 6.66. The lowest BCUT2D eigenvalue weighted by atomic mass is 10.1. The molecule has 0 aliphatic carbocycles. The van der Waals surface area contributed by atoms with Gasteiger partial charge in [-0.25, -0.2) is 4.98 Å². The number of thioether (sulfide) groups is 1. The summed E-state index contributed by atoms with van der Waals surface area (Å²) in [6.07, 6.45) is -0.501. The van der Waals surface area contributed by atoms with Gasteiger partial charge in [-0.3, -0.25) is 0 Å². The second-order valence-corrected chi connectivity index (χ2v) is 5.67. The molecule has 1 heterocycles. The first kappa shape index (κ1) is 14.0. The number of fused-ring (bicyclic) bond motifs is 1. The summed E-state index contributed by atoms with van der Waals surface area (Å²) in [6.45, 7) is 0. The largest absolute Gasteiger partial charge is 0.497 e. The Morgan fingerprint density at radius 1 is 1.24 bits per heavy atom. The second kappa shape index (κ2) is 6.20. The molecule has 0 radical (unpaired) electrons. The number of nitrogens with one attached hydrogen (secondary N) is 1. The van der Waals surface area contributed by atoms with Crippen LogP contribution < -0.4 is 4.74 Å². The lowest BCUT2D eigenvalue weighted by Gasteiger charge is -2.08. The van der Waals surface area contributed by atoms with E-state index in [1.807, 2.05) is 48.5 Å². The zero-order valence-corrected chi connectivity index (χ0v) is 12.4. The van der Waals surface area contributed by atoms with E-state index in [1.54, 1.807) is 7.11 Å². The molecule has 0 saturated carbocycles. The summed E-state index contributed by atoms with van der Waals surface area (Å²) in [5.41, 5.74) is 2.75. The minimum absolute atomic E-state index is 0.501. The Kier molecular flexibility index (Phi) is 4.13. The molecule has 1 atom stereocenters. The number of aromatic amines is 1. The van der Waals surface area contributed by atoms with Crippen LogP contribution in [0.3, 0.4) is 0 Å². The van der Waals surface area contributed by atoms with Gasteiger partial charge in [-0.15, -0.1) is 0 Å². The van der Waals surface area contributed by atoms with Gasteiger partial charge < -0.3 is 14.8 Å². The van der Waals surface area contributed by atoms with Crippen LogP contribution in [0.4, 0.5) is 0 Å². The van der Waals surface area contributed by atoms with Crippen molar-refractivity contribution in [1.29, 1.82) is 0 Å². The molecule has 4 nitrogen and oxygen atoms in total. The van der Waals surface area contributed by atoms with Crippen LogP contribution in [0.25, 0.3) is 11.0 Å². The van der Waals surface area contributed by atoms with Crippen molar-refractivity contribution >= 4 is 22.8 Å². The van der Waals surface area contributed by atoms with Gasteiger partial charge in [-0.05, 0) is 17.7 Å². The Balaban J connectivity index is 1.70. The molecule has 21 heavy (non-hydrogen) atoms.